The summed E-state index contributed by atoms with van der Waals surface area (Å²) in [7, 11) is 0. The number of nitrogens with one attached hydrogen (secondary N) is 1. The van der Waals surface area contributed by atoms with Crippen LogP contribution in [0.4, 0.5) is 17.8 Å². The molecule has 0 saturated carbocycles. The number of carbonyl (C=O) groups excluding carboxylic acids is 2. The molecule has 25 nitrogen and oxygen atoms in total. The standard InChI is InChI=1S/C42H69N17O8.ClH/c1-4-20-65-22-24-67-25-23-66-21-11-46-40-47-41(56-16-12-54(13-17-56)38(63)35(7-5-6-10-43)58-27-33(50-52-58)31(44)26-30(2)3)49-42(48-40)57-18-14-55(15-19-57)39(64)36(8-9-37(61)62)59-28-34(51-53-59)32(45)29-60;/h1,27-28,30-32,35-36,60H,5-26,29,43-45H2,2-3H3,(H,61,62)(H,46,47,48,49);1H/p-1. The summed E-state index contributed by atoms with van der Waals surface area (Å²) in [6, 6.07) is -2.57. The van der Waals surface area contributed by atoms with E-state index in [1.165, 1.54) is 10.9 Å². The average Bonchev–Trinajstić information content (AvgIpc) is 4.03. The first-order valence-corrected chi connectivity index (χ1v) is 23.0. The predicted octanol–water partition coefficient (Wildman–Crippen LogP) is -4.03. The van der Waals surface area contributed by atoms with Gasteiger partial charge in [-0.05, 0) is 44.6 Å². The number of nitrogens with two attached hydrogens (primary N) is 3. The van der Waals surface area contributed by atoms with Gasteiger partial charge >= 0.3 is 5.97 Å². The second-order valence-electron chi connectivity index (χ2n) is 16.8. The number of ether oxygens (including phenoxy) is 3. The highest BCUT2D eigenvalue weighted by Gasteiger charge is 2.34. The normalized spacial score (nSPS) is 16.0. The lowest BCUT2D eigenvalue weighted by Gasteiger charge is -2.38. The van der Waals surface area contributed by atoms with Gasteiger partial charge in [-0.1, -0.05) is 30.2 Å². The number of piperazine rings is 2. The number of hydrogen-bond donors (Lipinski definition) is 6. The number of carboxylic acids is 1. The molecule has 4 atom stereocenters. The summed E-state index contributed by atoms with van der Waals surface area (Å²) in [4.78, 5) is 61.6. The number of nitrogens with zero attached hydrogens (tertiary/aromatic N) is 13. The summed E-state index contributed by atoms with van der Waals surface area (Å²) in [5.74, 6) is 2.53. The number of carbonyl (C=O) groups is 3. The van der Waals surface area contributed by atoms with Crippen molar-refractivity contribution < 1.29 is 51.2 Å². The van der Waals surface area contributed by atoms with Crippen LogP contribution in [-0.4, -0.2) is 194 Å². The number of amides is 2. The van der Waals surface area contributed by atoms with Crippen molar-refractivity contribution in [2.75, 3.05) is 127 Å². The number of aromatic nitrogens is 9. The molecule has 0 aliphatic carbocycles. The Morgan fingerprint density at radius 2 is 1.28 bits per heavy atom. The maximum absolute atomic E-state index is 14.2. The summed E-state index contributed by atoms with van der Waals surface area (Å²) < 4.78 is 19.4. The van der Waals surface area contributed by atoms with Crippen molar-refractivity contribution in [1.29, 1.82) is 0 Å². The molecule has 68 heavy (non-hydrogen) atoms. The first-order valence-electron chi connectivity index (χ1n) is 23.0. The zero-order valence-electron chi connectivity index (χ0n) is 39.1. The highest BCUT2D eigenvalue weighted by molar-refractivity contribution is 5.81. The van der Waals surface area contributed by atoms with Crippen molar-refractivity contribution in [3.8, 4) is 12.3 Å². The summed E-state index contributed by atoms with van der Waals surface area (Å²) >= 11 is 0. The van der Waals surface area contributed by atoms with Crippen LogP contribution in [0, 0.1) is 18.3 Å². The minimum absolute atomic E-state index is 0. The summed E-state index contributed by atoms with van der Waals surface area (Å²) in [5, 5.41) is 38.9. The van der Waals surface area contributed by atoms with E-state index >= 15 is 0 Å². The zero-order chi connectivity index (χ0) is 48.1. The Morgan fingerprint density at radius 1 is 0.765 bits per heavy atom. The van der Waals surface area contributed by atoms with Gasteiger partial charge in [0.15, 0.2) is 0 Å². The number of terminal acetylenes is 1. The highest BCUT2D eigenvalue weighted by atomic mass is 35.5. The topological polar surface area (TPSA) is 322 Å². The molecule has 2 aliphatic rings. The zero-order valence-corrected chi connectivity index (χ0v) is 39.9. The second-order valence-corrected chi connectivity index (χ2v) is 16.8. The largest absolute Gasteiger partial charge is 1.00 e. The van der Waals surface area contributed by atoms with E-state index < -0.39 is 24.1 Å². The van der Waals surface area contributed by atoms with E-state index in [9.17, 15) is 24.6 Å². The van der Waals surface area contributed by atoms with Crippen molar-refractivity contribution in [2.45, 2.75) is 76.5 Å². The first kappa shape index (κ1) is 55.3. The van der Waals surface area contributed by atoms with E-state index in [0.717, 1.165) is 19.3 Å². The van der Waals surface area contributed by atoms with Crippen LogP contribution in [0.15, 0.2) is 12.4 Å². The summed E-state index contributed by atoms with van der Waals surface area (Å²) in [6.45, 7) is 9.97. The Kier molecular flexibility index (Phi) is 23.5. The molecule has 3 aromatic heterocycles. The highest BCUT2D eigenvalue weighted by Crippen LogP contribution is 2.25. The molecular formula is C42H69ClN17O8-. The maximum Gasteiger partial charge on any atom is 0.303 e. The van der Waals surface area contributed by atoms with Crippen molar-refractivity contribution in [2.24, 2.45) is 23.1 Å². The van der Waals surface area contributed by atoms with Crippen molar-refractivity contribution in [1.82, 2.24) is 54.7 Å². The number of unbranched alkanes of at least 4 members (excludes halogenated alkanes) is 1. The fraction of sp³-hybridized carbons (Fsp3) is 0.714. The van der Waals surface area contributed by atoms with Crippen LogP contribution >= 0.6 is 0 Å². The van der Waals surface area contributed by atoms with Gasteiger partial charge in [0.2, 0.25) is 29.7 Å². The van der Waals surface area contributed by atoms with Gasteiger partial charge in [-0.25, -0.2) is 9.36 Å². The molecule has 2 saturated heterocycles. The van der Waals surface area contributed by atoms with E-state index in [-0.39, 0.29) is 62.0 Å². The van der Waals surface area contributed by atoms with Crippen LogP contribution in [0.25, 0.3) is 0 Å². The van der Waals surface area contributed by atoms with E-state index in [2.05, 4.69) is 45.7 Å². The minimum Gasteiger partial charge on any atom is -1.00 e. The van der Waals surface area contributed by atoms with Crippen molar-refractivity contribution in [3.63, 3.8) is 0 Å². The molecule has 2 aliphatic heterocycles. The van der Waals surface area contributed by atoms with Crippen LogP contribution in [-0.2, 0) is 28.6 Å². The molecule has 4 unspecified atom stereocenters. The van der Waals surface area contributed by atoms with Crippen molar-refractivity contribution in [3.05, 3.63) is 23.8 Å². The molecule has 2 amide bonds. The van der Waals surface area contributed by atoms with Crippen molar-refractivity contribution >= 4 is 35.6 Å². The summed E-state index contributed by atoms with van der Waals surface area (Å²) in [6.07, 6.45) is 11.0. The van der Waals surface area contributed by atoms with Gasteiger partial charge in [-0.2, -0.15) is 15.0 Å². The molecule has 378 valence electrons. The third-order valence-corrected chi connectivity index (χ3v) is 11.3. The number of aliphatic carboxylic acids is 1. The van der Waals surface area contributed by atoms with Gasteiger partial charge < -0.3 is 78.9 Å². The third kappa shape index (κ3) is 16.7. The smallest absolute Gasteiger partial charge is 0.303 e. The van der Waals surface area contributed by atoms with Crippen LogP contribution in [0.5, 0.6) is 0 Å². The lowest BCUT2D eigenvalue weighted by molar-refractivity contribution is -0.139. The van der Waals surface area contributed by atoms with Gasteiger partial charge in [-0.15, -0.1) is 16.6 Å². The number of anilines is 3. The molecular weight excluding hydrogens is 906 g/mol. The molecule has 26 heteroatoms. The fourth-order valence-corrected chi connectivity index (χ4v) is 7.62. The van der Waals surface area contributed by atoms with E-state index in [4.69, 9.17) is 52.8 Å². The third-order valence-electron chi connectivity index (χ3n) is 11.3. The first-order chi connectivity index (χ1) is 32.4. The van der Waals surface area contributed by atoms with Crippen LogP contribution in [0.1, 0.15) is 87.9 Å². The monoisotopic (exact) mass is 975 g/mol. The van der Waals surface area contributed by atoms with E-state index in [1.54, 1.807) is 15.8 Å². The Labute approximate surface area is 403 Å². The molecule has 0 aromatic carbocycles. The van der Waals surface area contributed by atoms with Crippen LogP contribution in [0.2, 0.25) is 0 Å². The summed E-state index contributed by atoms with van der Waals surface area (Å²) in [5.41, 5.74) is 19.1. The van der Waals surface area contributed by atoms with E-state index in [0.29, 0.717) is 134 Å². The molecule has 0 spiro atoms. The fourth-order valence-electron chi connectivity index (χ4n) is 7.62. The molecule has 0 bridgehead atoms. The van der Waals surface area contributed by atoms with Gasteiger partial charge in [-0.3, -0.25) is 14.4 Å². The Morgan fingerprint density at radius 3 is 1.78 bits per heavy atom. The second kappa shape index (κ2) is 28.9. The molecule has 9 N–H and O–H groups in total. The number of rotatable bonds is 29. The number of aliphatic hydroxyl groups is 1. The Bertz CT molecular complexity index is 2020. The average molecular weight is 976 g/mol. The Hall–Kier alpha value is -5.33. The molecule has 0 radical (unpaired) electrons. The van der Waals surface area contributed by atoms with Crippen LogP contribution in [0.3, 0.4) is 0 Å². The molecule has 5 heterocycles. The van der Waals surface area contributed by atoms with Gasteiger partial charge in [0.25, 0.3) is 0 Å². The number of carboxylic acid groups (broad SMARTS) is 1. The quantitative estimate of drug-likeness (QED) is 0.0285. The minimum atomic E-state index is -1.05. The maximum atomic E-state index is 14.2. The lowest BCUT2D eigenvalue weighted by Crippen LogP contribution is -3.00. The van der Waals surface area contributed by atoms with E-state index in [1.807, 2.05) is 14.7 Å². The molecule has 2 fully saturated rings. The lowest BCUT2D eigenvalue weighted by atomic mass is 10.0. The Balaban J connectivity index is 0.0000101. The number of hydrogen-bond acceptors (Lipinski definition) is 20. The SMILES string of the molecule is C#CCOCCOCCOCCNc1nc(N2CCN(C(=O)C(CCC(=O)O)n3cc(C(N)CO)nn3)CC2)nc(N2CCN(C(=O)C(CCCCN)n3cc(C(N)CC(C)C)nn3)CC2)n1.[Cl-]. The number of aliphatic hydroxyl groups excluding tert-OH is 1. The van der Waals surface area contributed by atoms with Crippen LogP contribution < -0.4 is 44.7 Å². The predicted molar refractivity (Wildman–Crippen MR) is 245 cm³/mol. The van der Waals surface area contributed by atoms with Gasteiger partial charge in [0.1, 0.15) is 24.4 Å². The molecule has 3 aromatic rings. The molecule has 5 rings (SSSR count). The number of halogens is 1. The van der Waals surface area contributed by atoms with Gasteiger partial charge in [0.05, 0.1) is 69.8 Å². The van der Waals surface area contributed by atoms with Gasteiger partial charge in [0, 0.05) is 65.3 Å².